The van der Waals surface area contributed by atoms with Crippen LogP contribution in [0.5, 0.6) is 0 Å². The van der Waals surface area contributed by atoms with Crippen LogP contribution in [-0.4, -0.2) is 22.7 Å². The van der Waals surface area contributed by atoms with Gasteiger partial charge in [-0.15, -0.1) is 0 Å². The zero-order valence-corrected chi connectivity index (χ0v) is 13.9. The minimum Gasteiger partial charge on any atom is -0.449 e. The number of amides is 1. The minimum atomic E-state index is -0.514. The highest BCUT2D eigenvalue weighted by Gasteiger charge is 2.28. The highest BCUT2D eigenvalue weighted by Crippen LogP contribution is 2.44. The van der Waals surface area contributed by atoms with E-state index in [-0.39, 0.29) is 24.6 Å². The Balaban J connectivity index is 1.42. The van der Waals surface area contributed by atoms with Gasteiger partial charge in [0.2, 0.25) is 0 Å². The van der Waals surface area contributed by atoms with Gasteiger partial charge in [-0.05, 0) is 22.3 Å². The molecule has 0 spiro atoms. The van der Waals surface area contributed by atoms with Crippen molar-refractivity contribution < 1.29 is 9.53 Å². The van der Waals surface area contributed by atoms with Crippen molar-refractivity contribution in [1.29, 1.82) is 0 Å². The van der Waals surface area contributed by atoms with Crippen LogP contribution < -0.4 is 10.9 Å². The van der Waals surface area contributed by atoms with Crippen LogP contribution in [0.4, 0.5) is 4.79 Å². The van der Waals surface area contributed by atoms with E-state index in [4.69, 9.17) is 4.74 Å². The molecule has 1 heterocycles. The molecule has 1 aliphatic carbocycles. The first-order valence-electron chi connectivity index (χ1n) is 8.35. The number of rotatable bonds is 4. The number of aromatic nitrogens is 2. The molecule has 0 unspecified atom stereocenters. The summed E-state index contributed by atoms with van der Waals surface area (Å²) in [7, 11) is 0. The molecule has 1 aromatic heterocycles. The molecule has 130 valence electrons. The maximum absolute atomic E-state index is 12.0. The number of hydrogen-bond donors (Lipinski definition) is 2. The van der Waals surface area contributed by atoms with Crippen LogP contribution in [0.3, 0.4) is 0 Å². The fourth-order valence-corrected chi connectivity index (χ4v) is 3.28. The first-order chi connectivity index (χ1) is 12.7. The second kappa shape index (κ2) is 6.84. The Kier molecular flexibility index (Phi) is 4.23. The lowest BCUT2D eigenvalue weighted by atomic mass is 9.98. The molecule has 4 rings (SSSR count). The Hall–Kier alpha value is -3.41. The zero-order chi connectivity index (χ0) is 17.9. The number of carbonyl (C=O) groups is 1. The van der Waals surface area contributed by atoms with Gasteiger partial charge in [-0.1, -0.05) is 48.5 Å². The van der Waals surface area contributed by atoms with Crippen molar-refractivity contribution in [2.45, 2.75) is 12.5 Å². The summed E-state index contributed by atoms with van der Waals surface area (Å²) in [5.74, 6) is 0.0272. The van der Waals surface area contributed by atoms with Crippen LogP contribution in [0, 0.1) is 0 Å². The second-order valence-electron chi connectivity index (χ2n) is 6.08. The molecule has 0 atom stereocenters. The van der Waals surface area contributed by atoms with Gasteiger partial charge in [0.1, 0.15) is 6.61 Å². The van der Waals surface area contributed by atoms with E-state index >= 15 is 0 Å². The molecule has 0 fully saturated rings. The Bertz CT molecular complexity index is 947. The van der Waals surface area contributed by atoms with E-state index < -0.39 is 6.09 Å². The molecular weight excluding hydrogens is 330 g/mol. The number of alkyl carbamates (subject to hydrolysis) is 1. The van der Waals surface area contributed by atoms with Gasteiger partial charge < -0.3 is 15.0 Å². The fourth-order valence-electron chi connectivity index (χ4n) is 3.28. The van der Waals surface area contributed by atoms with Gasteiger partial charge >= 0.3 is 6.09 Å². The summed E-state index contributed by atoms with van der Waals surface area (Å²) in [5, 5.41) is 2.64. The van der Waals surface area contributed by atoms with Gasteiger partial charge in [0, 0.05) is 12.1 Å². The highest BCUT2D eigenvalue weighted by molar-refractivity contribution is 5.79. The van der Waals surface area contributed by atoms with E-state index in [0.717, 1.165) is 0 Å². The SMILES string of the molecule is O=C(NCc1c[nH]c(=O)cn1)OCC1c2ccccc2-c2ccccc21. The largest absolute Gasteiger partial charge is 0.449 e. The van der Waals surface area contributed by atoms with Crippen molar-refractivity contribution in [3.63, 3.8) is 0 Å². The molecule has 0 aliphatic heterocycles. The summed E-state index contributed by atoms with van der Waals surface area (Å²) >= 11 is 0. The van der Waals surface area contributed by atoms with Gasteiger partial charge in [0.15, 0.2) is 0 Å². The number of carbonyl (C=O) groups excluding carboxylic acids is 1. The number of aromatic amines is 1. The van der Waals surface area contributed by atoms with Crippen LogP contribution in [0.2, 0.25) is 0 Å². The predicted molar refractivity (Wildman–Crippen MR) is 96.8 cm³/mol. The summed E-state index contributed by atoms with van der Waals surface area (Å²) in [4.78, 5) is 29.5. The number of benzene rings is 2. The Morgan fingerprint density at radius 1 is 1.08 bits per heavy atom. The molecule has 2 aromatic carbocycles. The molecule has 3 aromatic rings. The van der Waals surface area contributed by atoms with Crippen molar-refractivity contribution >= 4 is 6.09 Å². The number of hydrogen-bond acceptors (Lipinski definition) is 4. The summed E-state index contributed by atoms with van der Waals surface area (Å²) in [6, 6.07) is 16.4. The number of fused-ring (bicyclic) bond motifs is 3. The molecule has 1 amide bonds. The second-order valence-corrected chi connectivity index (χ2v) is 6.08. The summed E-state index contributed by atoms with van der Waals surface area (Å²) in [6.07, 6.45) is 2.13. The molecule has 0 bridgehead atoms. The van der Waals surface area contributed by atoms with E-state index in [2.05, 4.69) is 39.6 Å². The van der Waals surface area contributed by atoms with Crippen molar-refractivity contribution in [1.82, 2.24) is 15.3 Å². The summed E-state index contributed by atoms with van der Waals surface area (Å²) in [5.41, 5.74) is 4.99. The molecule has 26 heavy (non-hydrogen) atoms. The van der Waals surface area contributed by atoms with Crippen LogP contribution in [0.1, 0.15) is 22.7 Å². The van der Waals surface area contributed by atoms with Crippen molar-refractivity contribution in [2.75, 3.05) is 6.61 Å². The molecule has 2 N–H and O–H groups in total. The molecule has 6 heteroatoms. The topological polar surface area (TPSA) is 84.1 Å². The van der Waals surface area contributed by atoms with Crippen LogP contribution in [0.15, 0.2) is 65.7 Å². The third-order valence-electron chi connectivity index (χ3n) is 4.49. The van der Waals surface area contributed by atoms with Crippen molar-refractivity contribution in [3.05, 3.63) is 88.1 Å². The lowest BCUT2D eigenvalue weighted by Gasteiger charge is -2.14. The lowest BCUT2D eigenvalue weighted by Crippen LogP contribution is -2.26. The van der Waals surface area contributed by atoms with Gasteiger partial charge in [0.25, 0.3) is 5.56 Å². The molecule has 6 nitrogen and oxygen atoms in total. The molecular formula is C20H17N3O3. The van der Waals surface area contributed by atoms with E-state index in [1.807, 2.05) is 24.3 Å². The van der Waals surface area contributed by atoms with E-state index in [0.29, 0.717) is 5.69 Å². The molecule has 0 saturated heterocycles. The third-order valence-corrected chi connectivity index (χ3v) is 4.49. The highest BCUT2D eigenvalue weighted by atomic mass is 16.5. The number of nitrogens with one attached hydrogen (secondary N) is 2. The van der Waals surface area contributed by atoms with Crippen LogP contribution in [0.25, 0.3) is 11.1 Å². The van der Waals surface area contributed by atoms with E-state index in [9.17, 15) is 9.59 Å². The average molecular weight is 347 g/mol. The molecule has 0 radical (unpaired) electrons. The lowest BCUT2D eigenvalue weighted by molar-refractivity contribution is 0.142. The Morgan fingerprint density at radius 3 is 2.35 bits per heavy atom. The maximum Gasteiger partial charge on any atom is 0.407 e. The fraction of sp³-hybridized carbons (Fsp3) is 0.150. The van der Waals surface area contributed by atoms with E-state index in [1.165, 1.54) is 34.6 Å². The zero-order valence-electron chi connectivity index (χ0n) is 13.9. The number of ether oxygens (including phenoxy) is 1. The normalized spacial score (nSPS) is 12.3. The van der Waals surface area contributed by atoms with Crippen molar-refractivity contribution in [3.8, 4) is 11.1 Å². The predicted octanol–water partition coefficient (Wildman–Crippen LogP) is 2.81. The minimum absolute atomic E-state index is 0.0272. The average Bonchev–Trinajstić information content (AvgIpc) is 3.00. The van der Waals surface area contributed by atoms with Crippen LogP contribution >= 0.6 is 0 Å². The van der Waals surface area contributed by atoms with Gasteiger partial charge in [-0.2, -0.15) is 0 Å². The Labute approximate surface area is 149 Å². The first-order valence-corrected chi connectivity index (χ1v) is 8.35. The van der Waals surface area contributed by atoms with Gasteiger partial charge in [0.05, 0.1) is 18.4 Å². The van der Waals surface area contributed by atoms with E-state index in [1.54, 1.807) is 0 Å². The van der Waals surface area contributed by atoms with Crippen LogP contribution in [-0.2, 0) is 11.3 Å². The third kappa shape index (κ3) is 3.09. The van der Waals surface area contributed by atoms with Gasteiger partial charge in [-0.25, -0.2) is 4.79 Å². The smallest absolute Gasteiger partial charge is 0.407 e. The molecule has 0 saturated carbocycles. The summed E-state index contributed by atoms with van der Waals surface area (Å²) < 4.78 is 5.44. The molecule has 1 aliphatic rings. The first kappa shape index (κ1) is 16.1. The quantitative estimate of drug-likeness (QED) is 0.760. The standard InChI is InChI=1S/C20H17N3O3/c24-19-11-21-13(9-22-19)10-23-20(25)26-12-18-16-7-3-1-5-14(16)15-6-2-4-8-17(15)18/h1-9,11,18H,10,12H2,(H,22,24)(H,23,25). The number of nitrogens with zero attached hydrogens (tertiary/aromatic N) is 1. The van der Waals surface area contributed by atoms with Gasteiger partial charge in [-0.3, -0.25) is 9.78 Å². The monoisotopic (exact) mass is 347 g/mol. The Morgan fingerprint density at radius 2 is 1.73 bits per heavy atom. The number of H-pyrrole nitrogens is 1. The summed E-state index contributed by atoms with van der Waals surface area (Å²) in [6.45, 7) is 0.451. The maximum atomic E-state index is 12.0. The van der Waals surface area contributed by atoms with Crippen molar-refractivity contribution in [2.24, 2.45) is 0 Å².